The average molecular weight is 305 g/mol. The maximum atomic E-state index is 5.20. The van der Waals surface area contributed by atoms with Gasteiger partial charge in [-0.3, -0.25) is 0 Å². The van der Waals surface area contributed by atoms with Crippen LogP contribution in [-0.4, -0.2) is 26.6 Å². The van der Waals surface area contributed by atoms with Crippen LogP contribution in [0.4, 0.5) is 0 Å². The number of hydrogen-bond donors (Lipinski definition) is 0. The van der Waals surface area contributed by atoms with Gasteiger partial charge in [0.15, 0.2) is 0 Å². The fourth-order valence-electron chi connectivity index (χ4n) is 1.20. The van der Waals surface area contributed by atoms with Gasteiger partial charge in [-0.2, -0.15) is 0 Å². The zero-order valence-electron chi connectivity index (χ0n) is 7.30. The number of halogens is 1. The van der Waals surface area contributed by atoms with Crippen LogP contribution >= 0.6 is 15.9 Å². The van der Waals surface area contributed by atoms with Gasteiger partial charge in [0.25, 0.3) is 0 Å². The second-order valence-corrected chi connectivity index (χ2v) is 6.13. The molecule has 0 bridgehead atoms. The first-order chi connectivity index (χ1) is 6.20. The molecule has 1 aromatic heterocycles. The van der Waals surface area contributed by atoms with Crippen molar-refractivity contribution in [3.8, 4) is 5.75 Å². The molecule has 0 aliphatic carbocycles. The normalized spacial score (nSPS) is 10.7. The first kappa shape index (κ1) is 9.25. The summed E-state index contributed by atoms with van der Waals surface area (Å²) in [5, 5.41) is 0. The van der Waals surface area contributed by atoms with Crippen LogP contribution < -0.4 is 4.74 Å². The van der Waals surface area contributed by atoms with Crippen LogP contribution in [0, 0.1) is 6.92 Å². The van der Waals surface area contributed by atoms with Crippen molar-refractivity contribution in [2.24, 2.45) is 0 Å². The van der Waals surface area contributed by atoms with Gasteiger partial charge in [-0.15, -0.1) is 0 Å². The van der Waals surface area contributed by atoms with Gasteiger partial charge in [0, 0.05) is 0 Å². The number of nitrogens with zero attached hydrogens (tertiary/aromatic N) is 1. The topological polar surface area (TPSA) is 22.1 Å². The minimum atomic E-state index is 0.407. The quantitative estimate of drug-likeness (QED) is 0.755. The second-order valence-electron chi connectivity index (χ2n) is 2.69. The van der Waals surface area contributed by atoms with Crippen LogP contribution in [-0.2, 0) is 0 Å². The molecule has 0 spiro atoms. The summed E-state index contributed by atoms with van der Waals surface area (Å²) < 4.78 is 8.77. The minimum absolute atomic E-state index is 0.407. The van der Waals surface area contributed by atoms with Crippen LogP contribution in [0.2, 0.25) is 0 Å². The number of aryl methyl sites for hydroxylation is 1. The molecule has 0 unspecified atom stereocenters. The molecule has 0 aliphatic rings. The van der Waals surface area contributed by atoms with Crippen molar-refractivity contribution in [2.75, 3.05) is 7.11 Å². The third kappa shape index (κ3) is 1.66. The summed E-state index contributed by atoms with van der Waals surface area (Å²) in [5.41, 5.74) is 1.07. The van der Waals surface area contributed by atoms with E-state index < -0.39 is 0 Å². The van der Waals surface area contributed by atoms with Gasteiger partial charge in [0.2, 0.25) is 0 Å². The molecule has 2 nitrogen and oxygen atoms in total. The molecule has 2 aromatic rings. The first-order valence-electron chi connectivity index (χ1n) is 3.81. The molecule has 0 atom stereocenters. The number of fused-ring (bicyclic) bond motifs is 1. The van der Waals surface area contributed by atoms with Crippen molar-refractivity contribution in [1.29, 1.82) is 0 Å². The molecule has 0 radical (unpaired) electrons. The van der Waals surface area contributed by atoms with E-state index in [4.69, 9.17) is 4.74 Å². The number of hydrogen-bond acceptors (Lipinski definition) is 2. The zero-order valence-corrected chi connectivity index (χ0v) is 10.6. The molecule has 0 aliphatic heterocycles. The molecular formula is C9H8BrNOSe. The molecule has 0 amide bonds. The van der Waals surface area contributed by atoms with E-state index >= 15 is 0 Å². The molecule has 4 heteroatoms. The van der Waals surface area contributed by atoms with Crippen LogP contribution in [0.5, 0.6) is 5.75 Å². The molecular weight excluding hydrogens is 297 g/mol. The van der Waals surface area contributed by atoms with Gasteiger partial charge in [-0.1, -0.05) is 0 Å². The predicted octanol–water partition coefficient (Wildman–Crippen LogP) is 2.37. The summed E-state index contributed by atoms with van der Waals surface area (Å²) in [7, 11) is 1.67. The van der Waals surface area contributed by atoms with Crippen LogP contribution in [0.3, 0.4) is 0 Å². The van der Waals surface area contributed by atoms with E-state index in [0.717, 1.165) is 15.7 Å². The van der Waals surface area contributed by atoms with Gasteiger partial charge in [-0.05, 0) is 0 Å². The standard InChI is InChI=1S/C9H8BrNOSe/c1-5-11-7-4-8(12-2)6(10)3-9(7)13-5/h3-4H,1-2H3. The number of rotatable bonds is 1. The average Bonchev–Trinajstić information content (AvgIpc) is 2.42. The predicted molar refractivity (Wildman–Crippen MR) is 57.7 cm³/mol. The molecule has 0 saturated heterocycles. The van der Waals surface area contributed by atoms with Gasteiger partial charge < -0.3 is 0 Å². The Morgan fingerprint density at radius 2 is 2.23 bits per heavy atom. The molecule has 0 saturated carbocycles. The van der Waals surface area contributed by atoms with E-state index in [-0.39, 0.29) is 0 Å². The zero-order chi connectivity index (χ0) is 9.42. The first-order valence-corrected chi connectivity index (χ1v) is 6.32. The Balaban J connectivity index is 2.72. The SMILES string of the molecule is COc1cc2nc(C)[se]c2cc1Br. The van der Waals surface area contributed by atoms with E-state index in [9.17, 15) is 0 Å². The molecule has 68 valence electrons. The van der Waals surface area contributed by atoms with Gasteiger partial charge in [0.1, 0.15) is 0 Å². The monoisotopic (exact) mass is 305 g/mol. The van der Waals surface area contributed by atoms with Crippen molar-refractivity contribution in [1.82, 2.24) is 4.98 Å². The number of ether oxygens (including phenoxy) is 1. The van der Waals surface area contributed by atoms with E-state index in [1.165, 1.54) is 8.83 Å². The molecule has 1 aromatic carbocycles. The fraction of sp³-hybridized carbons (Fsp3) is 0.222. The van der Waals surface area contributed by atoms with Crippen LogP contribution in [0.15, 0.2) is 16.6 Å². The van der Waals surface area contributed by atoms with E-state index in [1.54, 1.807) is 7.11 Å². The van der Waals surface area contributed by atoms with Crippen molar-refractivity contribution in [3.63, 3.8) is 0 Å². The van der Waals surface area contributed by atoms with Gasteiger partial charge >= 0.3 is 90.9 Å². The molecule has 2 rings (SSSR count). The van der Waals surface area contributed by atoms with Crippen molar-refractivity contribution < 1.29 is 4.74 Å². The Hall–Kier alpha value is -0.311. The summed E-state index contributed by atoms with van der Waals surface area (Å²) in [6.07, 6.45) is 0. The maximum absolute atomic E-state index is 5.20. The second kappa shape index (κ2) is 3.45. The van der Waals surface area contributed by atoms with Crippen molar-refractivity contribution in [2.45, 2.75) is 6.92 Å². The summed E-state index contributed by atoms with van der Waals surface area (Å²) in [6.45, 7) is 2.07. The summed E-state index contributed by atoms with van der Waals surface area (Å²) in [5.74, 6) is 0.855. The van der Waals surface area contributed by atoms with Gasteiger partial charge in [0.05, 0.1) is 0 Å². The Bertz CT molecular complexity index is 452. The van der Waals surface area contributed by atoms with Crippen molar-refractivity contribution in [3.05, 3.63) is 21.2 Å². The molecule has 13 heavy (non-hydrogen) atoms. The van der Waals surface area contributed by atoms with Crippen molar-refractivity contribution >= 4 is 40.2 Å². The third-order valence-corrected chi connectivity index (χ3v) is 4.35. The Morgan fingerprint density at radius 3 is 2.92 bits per heavy atom. The van der Waals surface area contributed by atoms with E-state index in [2.05, 4.69) is 33.9 Å². The molecule has 0 fully saturated rings. The molecule has 1 heterocycles. The Kier molecular flexibility index (Phi) is 2.45. The van der Waals surface area contributed by atoms with Crippen LogP contribution in [0.25, 0.3) is 9.78 Å². The summed E-state index contributed by atoms with van der Waals surface area (Å²) in [6, 6.07) is 4.09. The fourth-order valence-corrected chi connectivity index (χ4v) is 3.83. The van der Waals surface area contributed by atoms with E-state index in [0.29, 0.717) is 14.5 Å². The third-order valence-electron chi connectivity index (χ3n) is 1.77. The summed E-state index contributed by atoms with van der Waals surface area (Å²) in [4.78, 5) is 4.45. The van der Waals surface area contributed by atoms with Gasteiger partial charge in [-0.25, -0.2) is 0 Å². The summed E-state index contributed by atoms with van der Waals surface area (Å²) >= 11 is 3.87. The van der Waals surface area contributed by atoms with Crippen LogP contribution in [0.1, 0.15) is 4.57 Å². The molecule has 0 N–H and O–H groups in total. The Labute approximate surface area is 90.8 Å². The number of aromatic nitrogens is 1. The number of methoxy groups -OCH3 is 1. The van der Waals surface area contributed by atoms with E-state index in [1.807, 2.05) is 6.07 Å². The Morgan fingerprint density at radius 1 is 1.46 bits per heavy atom. The number of benzene rings is 1.